The first-order valence-electron chi connectivity index (χ1n) is 4.73. The van der Waals surface area contributed by atoms with Gasteiger partial charge in [-0.05, 0) is 13.0 Å². The molecule has 0 aliphatic heterocycles. The monoisotopic (exact) mass is 224 g/mol. The van der Waals surface area contributed by atoms with Crippen molar-refractivity contribution in [1.29, 1.82) is 0 Å². The lowest BCUT2D eigenvalue weighted by atomic mass is 10.0. The lowest BCUT2D eigenvalue weighted by molar-refractivity contribution is -0.144. The van der Waals surface area contributed by atoms with Gasteiger partial charge < -0.3 is 4.74 Å². The van der Waals surface area contributed by atoms with Crippen molar-refractivity contribution in [3.05, 3.63) is 23.8 Å². The Balaban J connectivity index is 2.57. The van der Waals surface area contributed by atoms with Gasteiger partial charge in [0.2, 0.25) is 0 Å². The molecule has 0 aromatic carbocycles. The van der Waals surface area contributed by atoms with E-state index in [0.717, 1.165) is 0 Å². The second-order valence-corrected chi connectivity index (χ2v) is 3.60. The Morgan fingerprint density at radius 3 is 2.87 bits per heavy atom. The Kier molecular flexibility index (Phi) is 4.37. The summed E-state index contributed by atoms with van der Waals surface area (Å²) < 4.78 is 4.69. The molecule has 0 amide bonds. The molecule has 4 heteroatoms. The van der Waals surface area contributed by atoms with Gasteiger partial charge in [-0.1, -0.05) is 24.4 Å². The number of carbonyl (C=O) groups is 2. The molecule has 0 saturated carbocycles. The number of hydrogen-bond donors (Lipinski definition) is 0. The SMILES string of the molecule is CCOC(=O)CC(=O)C1=CC(=S)CC=C1. The molecule has 0 N–H and O–H groups in total. The van der Waals surface area contributed by atoms with E-state index in [4.69, 9.17) is 12.2 Å². The zero-order chi connectivity index (χ0) is 11.3. The molecule has 0 heterocycles. The van der Waals surface area contributed by atoms with E-state index in [2.05, 4.69) is 4.74 Å². The minimum atomic E-state index is -0.492. The van der Waals surface area contributed by atoms with Crippen molar-refractivity contribution in [2.75, 3.05) is 6.61 Å². The lowest BCUT2D eigenvalue weighted by Crippen LogP contribution is -2.13. The number of esters is 1. The van der Waals surface area contributed by atoms with E-state index >= 15 is 0 Å². The molecular weight excluding hydrogens is 212 g/mol. The molecule has 0 radical (unpaired) electrons. The number of ether oxygens (including phenoxy) is 1. The van der Waals surface area contributed by atoms with E-state index in [1.165, 1.54) is 0 Å². The zero-order valence-corrected chi connectivity index (χ0v) is 9.30. The maximum atomic E-state index is 11.5. The Morgan fingerprint density at radius 2 is 2.27 bits per heavy atom. The standard InChI is InChI=1S/C11H12O3S/c1-2-14-11(13)7-10(12)8-4-3-5-9(15)6-8/h3-4,6H,2,5,7H2,1H3. The van der Waals surface area contributed by atoms with E-state index in [-0.39, 0.29) is 12.2 Å². The van der Waals surface area contributed by atoms with E-state index in [9.17, 15) is 9.59 Å². The molecule has 80 valence electrons. The van der Waals surface area contributed by atoms with Crippen LogP contribution in [-0.4, -0.2) is 23.2 Å². The van der Waals surface area contributed by atoms with Gasteiger partial charge in [0.05, 0.1) is 6.61 Å². The fourth-order valence-corrected chi connectivity index (χ4v) is 1.42. The number of thiocarbonyl (C=S) groups is 1. The van der Waals surface area contributed by atoms with Gasteiger partial charge in [0.25, 0.3) is 0 Å². The van der Waals surface area contributed by atoms with Crippen LogP contribution in [0.2, 0.25) is 0 Å². The second kappa shape index (κ2) is 5.56. The molecule has 0 bridgehead atoms. The van der Waals surface area contributed by atoms with Crippen LogP contribution in [0.25, 0.3) is 0 Å². The van der Waals surface area contributed by atoms with Gasteiger partial charge in [-0.15, -0.1) is 0 Å². The Labute approximate surface area is 93.8 Å². The maximum absolute atomic E-state index is 11.5. The van der Waals surface area contributed by atoms with Gasteiger partial charge in [-0.25, -0.2) is 0 Å². The van der Waals surface area contributed by atoms with Gasteiger partial charge in [0.1, 0.15) is 6.42 Å². The molecule has 0 aromatic heterocycles. The fourth-order valence-electron chi connectivity index (χ4n) is 1.20. The minimum Gasteiger partial charge on any atom is -0.466 e. The topological polar surface area (TPSA) is 43.4 Å². The molecular formula is C11H12O3S. The first kappa shape index (κ1) is 11.8. The van der Waals surface area contributed by atoms with Crippen molar-refractivity contribution >= 4 is 28.8 Å². The van der Waals surface area contributed by atoms with Gasteiger partial charge in [-0.3, -0.25) is 9.59 Å². The number of ketones is 1. The molecule has 0 atom stereocenters. The molecule has 0 fully saturated rings. The number of allylic oxidation sites excluding steroid dienone is 4. The highest BCUT2D eigenvalue weighted by molar-refractivity contribution is 7.80. The number of Topliss-reactive ketones (excluding diaryl/α,β-unsaturated/α-hetero) is 1. The molecule has 0 spiro atoms. The van der Waals surface area contributed by atoms with Crippen molar-refractivity contribution in [2.45, 2.75) is 19.8 Å². The highest BCUT2D eigenvalue weighted by Crippen LogP contribution is 2.11. The Morgan fingerprint density at radius 1 is 1.53 bits per heavy atom. The normalized spacial score (nSPS) is 14.7. The predicted molar refractivity (Wildman–Crippen MR) is 60.7 cm³/mol. The number of carbonyl (C=O) groups excluding carboxylic acids is 2. The first-order valence-corrected chi connectivity index (χ1v) is 5.14. The van der Waals surface area contributed by atoms with E-state index in [1.54, 1.807) is 19.1 Å². The van der Waals surface area contributed by atoms with Gasteiger partial charge in [-0.2, -0.15) is 0 Å². The van der Waals surface area contributed by atoms with E-state index < -0.39 is 5.97 Å². The van der Waals surface area contributed by atoms with Crippen molar-refractivity contribution in [3.8, 4) is 0 Å². The van der Waals surface area contributed by atoms with E-state index in [1.807, 2.05) is 6.08 Å². The van der Waals surface area contributed by atoms with E-state index in [0.29, 0.717) is 23.5 Å². The molecule has 1 aliphatic carbocycles. The smallest absolute Gasteiger partial charge is 0.313 e. The van der Waals surface area contributed by atoms with Gasteiger partial charge in [0, 0.05) is 16.9 Å². The van der Waals surface area contributed by atoms with Crippen LogP contribution in [0.15, 0.2) is 23.8 Å². The average molecular weight is 224 g/mol. The molecule has 0 saturated heterocycles. The number of rotatable bonds is 4. The summed E-state index contributed by atoms with van der Waals surface area (Å²) in [5, 5.41) is 0. The third-order valence-corrected chi connectivity index (χ3v) is 2.15. The summed E-state index contributed by atoms with van der Waals surface area (Å²) in [6, 6.07) is 0. The van der Waals surface area contributed by atoms with Crippen LogP contribution in [0.4, 0.5) is 0 Å². The van der Waals surface area contributed by atoms with Crippen LogP contribution in [-0.2, 0) is 14.3 Å². The highest BCUT2D eigenvalue weighted by atomic mass is 32.1. The molecule has 3 nitrogen and oxygen atoms in total. The predicted octanol–water partition coefficient (Wildman–Crippen LogP) is 1.76. The lowest BCUT2D eigenvalue weighted by Gasteiger charge is -2.06. The third kappa shape index (κ3) is 3.75. The minimum absolute atomic E-state index is 0.216. The van der Waals surface area contributed by atoms with Crippen LogP contribution in [0.1, 0.15) is 19.8 Å². The third-order valence-electron chi connectivity index (χ3n) is 1.87. The van der Waals surface area contributed by atoms with Crippen LogP contribution >= 0.6 is 12.2 Å². The largest absolute Gasteiger partial charge is 0.466 e. The quantitative estimate of drug-likeness (QED) is 0.414. The van der Waals surface area contributed by atoms with Crippen molar-refractivity contribution in [3.63, 3.8) is 0 Å². The Bertz CT molecular complexity index is 353. The zero-order valence-electron chi connectivity index (χ0n) is 8.49. The van der Waals surface area contributed by atoms with Crippen LogP contribution in [0.5, 0.6) is 0 Å². The summed E-state index contributed by atoms with van der Waals surface area (Å²) in [7, 11) is 0. The van der Waals surface area contributed by atoms with Crippen LogP contribution in [0.3, 0.4) is 0 Å². The Hall–Kier alpha value is -1.29. The summed E-state index contributed by atoms with van der Waals surface area (Å²) in [4.78, 5) is 23.3. The maximum Gasteiger partial charge on any atom is 0.313 e. The summed E-state index contributed by atoms with van der Waals surface area (Å²) in [5.74, 6) is -0.736. The summed E-state index contributed by atoms with van der Waals surface area (Å²) >= 11 is 4.97. The second-order valence-electron chi connectivity index (χ2n) is 3.08. The molecule has 1 rings (SSSR count). The van der Waals surface area contributed by atoms with Crippen LogP contribution in [0, 0.1) is 0 Å². The first-order chi connectivity index (χ1) is 7.13. The highest BCUT2D eigenvalue weighted by Gasteiger charge is 2.15. The van der Waals surface area contributed by atoms with Crippen molar-refractivity contribution < 1.29 is 14.3 Å². The average Bonchev–Trinajstić information content (AvgIpc) is 2.18. The van der Waals surface area contributed by atoms with Crippen molar-refractivity contribution in [2.24, 2.45) is 0 Å². The summed E-state index contributed by atoms with van der Waals surface area (Å²) in [6.07, 6.45) is 5.62. The van der Waals surface area contributed by atoms with Crippen LogP contribution < -0.4 is 0 Å². The van der Waals surface area contributed by atoms with Crippen molar-refractivity contribution in [1.82, 2.24) is 0 Å². The molecule has 0 unspecified atom stereocenters. The van der Waals surface area contributed by atoms with Gasteiger partial charge >= 0.3 is 5.97 Å². The molecule has 0 aromatic rings. The van der Waals surface area contributed by atoms with Gasteiger partial charge in [0.15, 0.2) is 5.78 Å². The summed E-state index contributed by atoms with van der Waals surface area (Å²) in [6.45, 7) is 2.00. The number of hydrogen-bond acceptors (Lipinski definition) is 4. The molecule has 15 heavy (non-hydrogen) atoms. The summed E-state index contributed by atoms with van der Waals surface area (Å²) in [5.41, 5.74) is 0.485. The fraction of sp³-hybridized carbons (Fsp3) is 0.364. The molecule has 1 aliphatic rings.